The molecule has 1 aromatic carbocycles. The van der Waals surface area contributed by atoms with Gasteiger partial charge in [-0.25, -0.2) is 13.8 Å². The van der Waals surface area contributed by atoms with Crippen LogP contribution in [-0.4, -0.2) is 4.98 Å². The van der Waals surface area contributed by atoms with Gasteiger partial charge in [-0.15, -0.1) is 11.6 Å². The van der Waals surface area contributed by atoms with Crippen LogP contribution in [0.4, 0.5) is 8.78 Å². The normalized spacial score (nSPS) is 11.1. The summed E-state index contributed by atoms with van der Waals surface area (Å²) in [5.41, 5.74) is 0.649. The summed E-state index contributed by atoms with van der Waals surface area (Å²) in [5.74, 6) is -0.972. The van der Waals surface area contributed by atoms with Gasteiger partial charge in [-0.1, -0.05) is 11.6 Å². The van der Waals surface area contributed by atoms with Crippen LogP contribution < -0.4 is 0 Å². The van der Waals surface area contributed by atoms with E-state index in [4.69, 9.17) is 23.2 Å². The third-order valence-electron chi connectivity index (χ3n) is 2.34. The van der Waals surface area contributed by atoms with Crippen molar-refractivity contribution in [2.45, 2.75) is 12.8 Å². The zero-order valence-electron chi connectivity index (χ0n) is 8.32. The largest absolute Gasteiger partial charge is 0.233 e. The molecule has 2 rings (SSSR count). The van der Waals surface area contributed by atoms with E-state index in [0.717, 1.165) is 6.07 Å². The molecule has 0 saturated carbocycles. The number of aryl methyl sites for hydroxylation is 1. The highest BCUT2D eigenvalue weighted by Crippen LogP contribution is 2.27. The van der Waals surface area contributed by atoms with Crippen molar-refractivity contribution >= 4 is 34.1 Å². The zero-order chi connectivity index (χ0) is 11.9. The molecule has 1 heterocycles. The Hall–Kier alpha value is -0.930. The van der Waals surface area contributed by atoms with Gasteiger partial charge < -0.3 is 0 Å². The third-order valence-corrected chi connectivity index (χ3v) is 2.96. The highest BCUT2D eigenvalue weighted by atomic mass is 35.5. The van der Waals surface area contributed by atoms with Crippen molar-refractivity contribution < 1.29 is 8.78 Å². The van der Waals surface area contributed by atoms with Crippen molar-refractivity contribution in [3.8, 4) is 0 Å². The number of fused-ring (bicyclic) bond motifs is 1. The van der Waals surface area contributed by atoms with Crippen LogP contribution in [0.15, 0.2) is 12.1 Å². The summed E-state index contributed by atoms with van der Waals surface area (Å²) in [6.45, 7) is 1.49. The molecule has 0 fully saturated rings. The fourth-order valence-corrected chi connectivity index (χ4v) is 1.99. The lowest BCUT2D eigenvalue weighted by Crippen LogP contribution is -1.95. The average molecular weight is 262 g/mol. The van der Waals surface area contributed by atoms with E-state index >= 15 is 0 Å². The Morgan fingerprint density at radius 3 is 2.62 bits per heavy atom. The van der Waals surface area contributed by atoms with E-state index in [9.17, 15) is 8.78 Å². The number of aromatic nitrogens is 1. The first kappa shape index (κ1) is 11.6. The third kappa shape index (κ3) is 1.74. The van der Waals surface area contributed by atoms with Crippen molar-refractivity contribution in [2.24, 2.45) is 0 Å². The van der Waals surface area contributed by atoms with Crippen LogP contribution in [-0.2, 0) is 5.88 Å². The Labute approximate surface area is 101 Å². The molecule has 1 aromatic heterocycles. The molecule has 0 unspecified atom stereocenters. The number of nitrogens with zero attached hydrogens (tertiary/aromatic N) is 1. The molecule has 0 spiro atoms. The zero-order valence-corrected chi connectivity index (χ0v) is 9.83. The van der Waals surface area contributed by atoms with Gasteiger partial charge in [-0.3, -0.25) is 0 Å². The van der Waals surface area contributed by atoms with Gasteiger partial charge in [-0.2, -0.15) is 0 Å². The summed E-state index contributed by atoms with van der Waals surface area (Å²) in [7, 11) is 0. The Kier molecular flexibility index (Phi) is 3.00. The molecule has 0 aliphatic heterocycles. The topological polar surface area (TPSA) is 12.9 Å². The van der Waals surface area contributed by atoms with Crippen LogP contribution in [0.1, 0.15) is 11.1 Å². The van der Waals surface area contributed by atoms with Crippen LogP contribution in [0.5, 0.6) is 0 Å². The van der Waals surface area contributed by atoms with Gasteiger partial charge >= 0.3 is 0 Å². The molecule has 0 N–H and O–H groups in total. The minimum absolute atomic E-state index is 0.0676. The lowest BCUT2D eigenvalue weighted by Gasteiger charge is -2.06. The first-order valence-corrected chi connectivity index (χ1v) is 5.45. The smallest absolute Gasteiger partial charge is 0.149 e. The number of hydrogen-bond acceptors (Lipinski definition) is 1. The summed E-state index contributed by atoms with van der Waals surface area (Å²) >= 11 is 11.4. The number of benzene rings is 1. The molecule has 0 saturated heterocycles. The maximum Gasteiger partial charge on any atom is 0.149 e. The fraction of sp³-hybridized carbons (Fsp3) is 0.182. The minimum Gasteiger partial charge on any atom is -0.233 e. The number of hydrogen-bond donors (Lipinski definition) is 0. The lowest BCUT2D eigenvalue weighted by atomic mass is 10.1. The summed E-state index contributed by atoms with van der Waals surface area (Å²) in [6.07, 6.45) is 0. The predicted octanol–water partition coefficient (Wildman–Crippen LogP) is 4.21. The second kappa shape index (κ2) is 4.15. The molecule has 1 nitrogen and oxygen atoms in total. The number of rotatable bonds is 1. The minimum atomic E-state index is -0.586. The van der Waals surface area contributed by atoms with E-state index in [0.29, 0.717) is 5.56 Å². The lowest BCUT2D eigenvalue weighted by molar-refractivity contribution is 0.607. The summed E-state index contributed by atoms with van der Waals surface area (Å²) in [5, 5.41) is 0.210. The van der Waals surface area contributed by atoms with Crippen molar-refractivity contribution in [1.29, 1.82) is 0 Å². The Morgan fingerprint density at radius 2 is 2.00 bits per heavy atom. The van der Waals surface area contributed by atoms with Crippen LogP contribution in [0, 0.1) is 18.6 Å². The highest BCUT2D eigenvalue weighted by molar-refractivity contribution is 6.31. The predicted molar refractivity (Wildman–Crippen MR) is 61.0 cm³/mol. The first-order valence-electron chi connectivity index (χ1n) is 4.54. The van der Waals surface area contributed by atoms with Gasteiger partial charge in [0, 0.05) is 10.9 Å². The van der Waals surface area contributed by atoms with E-state index in [1.54, 1.807) is 0 Å². The summed E-state index contributed by atoms with van der Waals surface area (Å²) in [6, 6.07) is 2.53. The molecule has 0 atom stereocenters. The van der Waals surface area contributed by atoms with E-state index in [2.05, 4.69) is 4.98 Å². The Bertz CT molecular complexity index is 570. The average Bonchev–Trinajstić information content (AvgIpc) is 2.25. The van der Waals surface area contributed by atoms with Crippen molar-refractivity contribution in [3.63, 3.8) is 0 Å². The SMILES string of the molecule is Cc1cc(F)c2nc(Cl)c(CCl)cc2c1F. The molecule has 16 heavy (non-hydrogen) atoms. The van der Waals surface area contributed by atoms with Crippen LogP contribution in [0.25, 0.3) is 10.9 Å². The molecule has 0 amide bonds. The van der Waals surface area contributed by atoms with E-state index in [-0.39, 0.29) is 27.5 Å². The monoisotopic (exact) mass is 261 g/mol. The van der Waals surface area contributed by atoms with Gasteiger partial charge in [0.1, 0.15) is 22.3 Å². The van der Waals surface area contributed by atoms with Crippen molar-refractivity contribution in [3.05, 3.63) is 40.0 Å². The Morgan fingerprint density at radius 1 is 1.31 bits per heavy atom. The van der Waals surface area contributed by atoms with Crippen molar-refractivity contribution in [1.82, 2.24) is 4.98 Å². The molecule has 0 aliphatic carbocycles. The van der Waals surface area contributed by atoms with E-state index < -0.39 is 11.6 Å². The second-order valence-electron chi connectivity index (χ2n) is 3.46. The molecule has 0 radical (unpaired) electrons. The maximum atomic E-state index is 13.7. The summed E-state index contributed by atoms with van der Waals surface area (Å²) in [4.78, 5) is 3.81. The van der Waals surface area contributed by atoms with Crippen LogP contribution >= 0.6 is 23.2 Å². The molecule has 2 aromatic rings. The van der Waals surface area contributed by atoms with Gasteiger partial charge in [0.15, 0.2) is 0 Å². The molecular weight excluding hydrogens is 255 g/mol. The first-order chi connectivity index (χ1) is 7.54. The molecule has 0 aliphatic rings. The van der Waals surface area contributed by atoms with E-state index in [1.165, 1.54) is 13.0 Å². The number of alkyl halides is 1. The molecule has 0 bridgehead atoms. The quantitative estimate of drug-likeness (QED) is 0.554. The molecular formula is C11H7Cl2F2N. The number of pyridine rings is 1. The van der Waals surface area contributed by atoms with E-state index in [1.807, 2.05) is 0 Å². The highest BCUT2D eigenvalue weighted by Gasteiger charge is 2.13. The summed E-state index contributed by atoms with van der Waals surface area (Å²) < 4.78 is 27.3. The van der Waals surface area contributed by atoms with Crippen LogP contribution in [0.3, 0.4) is 0 Å². The molecule has 5 heteroatoms. The van der Waals surface area contributed by atoms with Crippen LogP contribution in [0.2, 0.25) is 5.15 Å². The van der Waals surface area contributed by atoms with Gasteiger partial charge in [-0.05, 0) is 24.6 Å². The van der Waals surface area contributed by atoms with Crippen molar-refractivity contribution in [2.75, 3.05) is 0 Å². The maximum absolute atomic E-state index is 13.7. The molecule has 84 valence electrons. The van der Waals surface area contributed by atoms with Gasteiger partial charge in [0.05, 0.1) is 5.88 Å². The Balaban J connectivity index is 2.90. The standard InChI is InChI=1S/C11H7Cl2F2N/c1-5-2-8(14)10-7(9(5)15)3-6(4-12)11(13)16-10/h2-3H,4H2,1H3. The van der Waals surface area contributed by atoms with Gasteiger partial charge in [0.2, 0.25) is 0 Å². The number of halogens is 4. The second-order valence-corrected chi connectivity index (χ2v) is 4.08. The fourth-order valence-electron chi connectivity index (χ4n) is 1.51. The van der Waals surface area contributed by atoms with Gasteiger partial charge in [0.25, 0.3) is 0 Å².